The van der Waals surface area contributed by atoms with Crippen LogP contribution in [-0.4, -0.2) is 62.4 Å². The second-order valence-electron chi connectivity index (χ2n) is 8.89. The Bertz CT molecular complexity index is 1320. The van der Waals surface area contributed by atoms with E-state index in [0.29, 0.717) is 36.0 Å². The van der Waals surface area contributed by atoms with Crippen LogP contribution in [0, 0.1) is 16.0 Å². The summed E-state index contributed by atoms with van der Waals surface area (Å²) in [7, 11) is -3.88. The quantitative estimate of drug-likeness (QED) is 0.139. The molecule has 11 nitrogen and oxygen atoms in total. The molecule has 0 saturated carbocycles. The minimum atomic E-state index is -3.88. The molecule has 0 aliphatic carbocycles. The number of para-hydroxylation sites is 2. The summed E-state index contributed by atoms with van der Waals surface area (Å²) in [5.41, 5.74) is 0.600. The van der Waals surface area contributed by atoms with Crippen LogP contribution in [0.4, 0.5) is 11.4 Å². The lowest BCUT2D eigenvalue weighted by Crippen LogP contribution is -2.38. The highest BCUT2D eigenvalue weighted by molar-refractivity contribution is 7.89. The van der Waals surface area contributed by atoms with Crippen molar-refractivity contribution in [3.05, 3.63) is 65.0 Å². The summed E-state index contributed by atoms with van der Waals surface area (Å²) in [6, 6.07) is 10.4. The minimum absolute atomic E-state index is 0.0993. The second kappa shape index (κ2) is 14.0. The van der Waals surface area contributed by atoms with Gasteiger partial charge in [0.2, 0.25) is 10.0 Å². The number of nitro benzene ring substituents is 1. The molecule has 0 amide bonds. The van der Waals surface area contributed by atoms with Crippen molar-refractivity contribution >= 4 is 32.2 Å². The van der Waals surface area contributed by atoms with Crippen LogP contribution in [0.2, 0.25) is 0 Å². The maximum atomic E-state index is 13.2. The van der Waals surface area contributed by atoms with Crippen LogP contribution in [0.15, 0.2) is 59.8 Å². The zero-order valence-corrected chi connectivity index (χ0v) is 22.3. The maximum Gasteiger partial charge on any atom is 0.310 e. The number of aliphatic hydroxyl groups excluding tert-OH is 1. The van der Waals surface area contributed by atoms with Crippen molar-refractivity contribution in [3.8, 4) is 5.75 Å². The van der Waals surface area contributed by atoms with Crippen LogP contribution < -0.4 is 14.8 Å². The first-order valence-electron chi connectivity index (χ1n) is 12.4. The van der Waals surface area contributed by atoms with Crippen molar-refractivity contribution in [2.24, 2.45) is 5.92 Å². The Hall–Kier alpha value is -3.32. The Morgan fingerprint density at radius 2 is 1.89 bits per heavy atom. The molecule has 12 heteroatoms. The Kier molecular flexibility index (Phi) is 10.8. The molecule has 2 aromatic carbocycles. The van der Waals surface area contributed by atoms with Gasteiger partial charge in [0.05, 0.1) is 29.6 Å². The molecule has 2 atom stereocenters. The third kappa shape index (κ3) is 7.84. The predicted octanol–water partition coefficient (Wildman–Crippen LogP) is 3.73. The molecule has 38 heavy (non-hydrogen) atoms. The molecule has 0 radical (unpaired) electrons. The van der Waals surface area contributed by atoms with Gasteiger partial charge in [-0.15, -0.1) is 0 Å². The number of hydrogen-bond acceptors (Lipinski definition) is 9. The first kappa shape index (κ1) is 29.2. The number of aliphatic hydroxyl groups is 1. The number of nitro groups is 1. The molecule has 206 valence electrons. The SMILES string of the molecule is CCC(C)CC(CO)NS(=O)(=O)c1ccc(NCCOCCOc2ccccc2[N+](=O)[O-])c2cnccc12. The van der Waals surface area contributed by atoms with Gasteiger partial charge in [-0.1, -0.05) is 32.4 Å². The van der Waals surface area contributed by atoms with Gasteiger partial charge >= 0.3 is 5.69 Å². The zero-order chi connectivity index (χ0) is 27.5. The van der Waals surface area contributed by atoms with E-state index in [1.165, 1.54) is 24.4 Å². The van der Waals surface area contributed by atoms with Crippen molar-refractivity contribution in [3.63, 3.8) is 0 Å². The monoisotopic (exact) mass is 546 g/mol. The van der Waals surface area contributed by atoms with E-state index >= 15 is 0 Å². The lowest BCUT2D eigenvalue weighted by atomic mass is 10.0. The summed E-state index contributed by atoms with van der Waals surface area (Å²) < 4.78 is 40.0. The molecule has 0 spiro atoms. The van der Waals surface area contributed by atoms with Crippen LogP contribution in [0.5, 0.6) is 5.75 Å². The smallest absolute Gasteiger partial charge is 0.310 e. The maximum absolute atomic E-state index is 13.2. The molecule has 3 rings (SSSR count). The van der Waals surface area contributed by atoms with Crippen LogP contribution >= 0.6 is 0 Å². The fourth-order valence-electron chi connectivity index (χ4n) is 3.95. The first-order valence-corrected chi connectivity index (χ1v) is 13.9. The fraction of sp³-hybridized carbons (Fsp3) is 0.423. The normalized spacial score (nSPS) is 13.2. The number of benzene rings is 2. The molecule has 0 aliphatic heterocycles. The highest BCUT2D eigenvalue weighted by Crippen LogP contribution is 2.29. The molecule has 1 heterocycles. The minimum Gasteiger partial charge on any atom is -0.484 e. The molecular formula is C26H34N4O7S. The van der Waals surface area contributed by atoms with Gasteiger partial charge in [0.25, 0.3) is 0 Å². The van der Waals surface area contributed by atoms with Crippen LogP contribution in [0.25, 0.3) is 10.8 Å². The van der Waals surface area contributed by atoms with E-state index in [9.17, 15) is 23.6 Å². The average Bonchev–Trinajstić information content (AvgIpc) is 2.91. The van der Waals surface area contributed by atoms with Gasteiger partial charge in [0.15, 0.2) is 5.75 Å². The molecule has 1 aromatic heterocycles. The summed E-state index contributed by atoms with van der Waals surface area (Å²) in [6.45, 7) is 4.92. The number of ether oxygens (including phenoxy) is 2. The topological polar surface area (TPSA) is 153 Å². The van der Waals surface area contributed by atoms with E-state index < -0.39 is 21.0 Å². The number of rotatable bonds is 16. The fourth-order valence-corrected chi connectivity index (χ4v) is 5.40. The highest BCUT2D eigenvalue weighted by atomic mass is 32.2. The van der Waals surface area contributed by atoms with E-state index in [0.717, 1.165) is 6.42 Å². The van der Waals surface area contributed by atoms with Gasteiger partial charge in [-0.2, -0.15) is 0 Å². The number of aromatic nitrogens is 1. The number of pyridine rings is 1. The summed E-state index contributed by atoms with van der Waals surface area (Å²) >= 11 is 0. The second-order valence-corrected chi connectivity index (χ2v) is 10.6. The van der Waals surface area contributed by atoms with Gasteiger partial charge in [0.1, 0.15) is 6.61 Å². The summed E-state index contributed by atoms with van der Waals surface area (Å²) in [4.78, 5) is 14.8. The van der Waals surface area contributed by atoms with Crippen LogP contribution in [0.1, 0.15) is 26.7 Å². The summed E-state index contributed by atoms with van der Waals surface area (Å²) in [6.07, 6.45) is 4.56. The largest absolute Gasteiger partial charge is 0.484 e. The van der Waals surface area contributed by atoms with Gasteiger partial charge in [-0.3, -0.25) is 15.1 Å². The Morgan fingerprint density at radius 1 is 1.11 bits per heavy atom. The number of anilines is 1. The standard InChI is InChI=1S/C26H34N4O7S/c1-3-19(2)16-20(18-31)29-38(34,35)26-9-8-23(22-17-27-11-10-21(22)26)28-12-13-36-14-15-37-25-7-5-4-6-24(25)30(32)33/h4-11,17,19-20,28-29,31H,3,12-16,18H2,1-2H3. The molecule has 0 saturated heterocycles. The van der Waals surface area contributed by atoms with Crippen molar-refractivity contribution in [1.29, 1.82) is 0 Å². The van der Waals surface area contributed by atoms with Gasteiger partial charge in [0, 0.05) is 47.5 Å². The molecule has 3 N–H and O–H groups in total. The zero-order valence-electron chi connectivity index (χ0n) is 21.5. The Labute approximate surface area is 222 Å². The number of hydrogen-bond donors (Lipinski definition) is 3. The highest BCUT2D eigenvalue weighted by Gasteiger charge is 2.23. The summed E-state index contributed by atoms with van der Waals surface area (Å²) in [5, 5.41) is 25.1. The van der Waals surface area contributed by atoms with E-state index in [1.54, 1.807) is 30.5 Å². The molecule has 0 bridgehead atoms. The van der Waals surface area contributed by atoms with Crippen LogP contribution in [0.3, 0.4) is 0 Å². The summed E-state index contributed by atoms with van der Waals surface area (Å²) in [5.74, 6) is 0.459. The third-order valence-corrected chi connectivity index (χ3v) is 7.68. The van der Waals surface area contributed by atoms with Gasteiger partial charge in [-0.05, 0) is 36.6 Å². The molecule has 0 fully saturated rings. The number of fused-ring (bicyclic) bond motifs is 1. The Morgan fingerprint density at radius 3 is 2.63 bits per heavy atom. The van der Waals surface area contributed by atoms with Crippen molar-refractivity contribution in [2.75, 3.05) is 38.3 Å². The van der Waals surface area contributed by atoms with E-state index in [-0.39, 0.29) is 42.1 Å². The van der Waals surface area contributed by atoms with Crippen molar-refractivity contribution in [1.82, 2.24) is 9.71 Å². The molecule has 2 unspecified atom stereocenters. The van der Waals surface area contributed by atoms with Gasteiger partial charge < -0.3 is 19.9 Å². The number of sulfonamides is 1. The van der Waals surface area contributed by atoms with Crippen LogP contribution in [-0.2, 0) is 14.8 Å². The number of nitrogens with one attached hydrogen (secondary N) is 2. The van der Waals surface area contributed by atoms with Crippen molar-refractivity contribution < 1.29 is 27.9 Å². The predicted molar refractivity (Wildman–Crippen MR) is 145 cm³/mol. The average molecular weight is 547 g/mol. The molecular weight excluding hydrogens is 512 g/mol. The van der Waals surface area contributed by atoms with E-state index in [4.69, 9.17) is 9.47 Å². The Balaban J connectivity index is 1.58. The lowest BCUT2D eigenvalue weighted by Gasteiger charge is -2.20. The van der Waals surface area contributed by atoms with E-state index in [2.05, 4.69) is 15.0 Å². The molecule has 3 aromatic rings. The van der Waals surface area contributed by atoms with Crippen molar-refractivity contribution in [2.45, 2.75) is 37.6 Å². The third-order valence-electron chi connectivity index (χ3n) is 6.10. The number of nitrogens with zero attached hydrogens (tertiary/aromatic N) is 2. The molecule has 0 aliphatic rings. The first-order chi connectivity index (χ1) is 18.3. The lowest BCUT2D eigenvalue weighted by molar-refractivity contribution is -0.385. The van der Waals surface area contributed by atoms with E-state index in [1.807, 2.05) is 13.8 Å². The van der Waals surface area contributed by atoms with Gasteiger partial charge in [-0.25, -0.2) is 13.1 Å².